The second-order valence-corrected chi connectivity index (χ2v) is 5.32. The van der Waals surface area contributed by atoms with Crippen molar-refractivity contribution in [1.82, 2.24) is 14.9 Å². The van der Waals surface area contributed by atoms with Crippen LogP contribution in [-0.2, 0) is 14.4 Å². The van der Waals surface area contributed by atoms with Gasteiger partial charge in [0.1, 0.15) is 12.1 Å². The van der Waals surface area contributed by atoms with Gasteiger partial charge in [0, 0.05) is 0 Å². The first-order valence-corrected chi connectivity index (χ1v) is 7.21. The standard InChI is InChI=1S/C15H15N3O7/c1-7(12(21)16-10(14(23)24)6-11(19)20)18-13(22)8-4-2-3-5-9(8)17-15(18)25/h2-5,7,10H,6H2,1H3,(H,16,21)(H,17,25)(H,19,20)(H,23,24). The topological polar surface area (TPSA) is 159 Å². The van der Waals surface area contributed by atoms with Gasteiger partial charge in [-0.25, -0.2) is 14.2 Å². The van der Waals surface area contributed by atoms with E-state index >= 15 is 0 Å². The van der Waals surface area contributed by atoms with Gasteiger partial charge in [0.25, 0.3) is 5.56 Å². The lowest BCUT2D eigenvalue weighted by Gasteiger charge is -2.18. The Balaban J connectivity index is 2.38. The van der Waals surface area contributed by atoms with Gasteiger partial charge in [-0.3, -0.25) is 14.4 Å². The first kappa shape index (κ1) is 17.9. The lowest BCUT2D eigenvalue weighted by atomic mass is 10.2. The van der Waals surface area contributed by atoms with Crippen LogP contribution in [0.4, 0.5) is 0 Å². The Bertz CT molecular complexity index is 959. The molecule has 10 nitrogen and oxygen atoms in total. The van der Waals surface area contributed by atoms with E-state index in [1.807, 2.05) is 5.32 Å². The van der Waals surface area contributed by atoms with Crippen LogP contribution in [0.2, 0.25) is 0 Å². The van der Waals surface area contributed by atoms with Gasteiger partial charge in [0.15, 0.2) is 0 Å². The smallest absolute Gasteiger partial charge is 0.329 e. The van der Waals surface area contributed by atoms with Crippen LogP contribution in [0.1, 0.15) is 19.4 Å². The summed E-state index contributed by atoms with van der Waals surface area (Å²) in [6.07, 6.45) is -0.837. The minimum atomic E-state index is -1.68. The lowest BCUT2D eigenvalue weighted by Crippen LogP contribution is -2.48. The third-order valence-corrected chi connectivity index (χ3v) is 3.60. The van der Waals surface area contributed by atoms with E-state index in [4.69, 9.17) is 10.2 Å². The molecular formula is C15H15N3O7. The van der Waals surface area contributed by atoms with Crippen molar-refractivity contribution >= 4 is 28.7 Å². The van der Waals surface area contributed by atoms with Gasteiger partial charge in [-0.2, -0.15) is 0 Å². The lowest BCUT2D eigenvalue weighted by molar-refractivity contribution is -0.147. The molecule has 2 atom stereocenters. The summed E-state index contributed by atoms with van der Waals surface area (Å²) in [6.45, 7) is 1.24. The zero-order valence-corrected chi connectivity index (χ0v) is 13.1. The summed E-state index contributed by atoms with van der Waals surface area (Å²) in [5.41, 5.74) is -1.25. The molecule has 0 saturated carbocycles. The molecule has 0 spiro atoms. The first-order valence-electron chi connectivity index (χ1n) is 7.21. The molecule has 1 aromatic heterocycles. The fourth-order valence-corrected chi connectivity index (χ4v) is 2.31. The largest absolute Gasteiger partial charge is 0.481 e. The van der Waals surface area contributed by atoms with E-state index < -0.39 is 47.6 Å². The summed E-state index contributed by atoms with van der Waals surface area (Å²) < 4.78 is 0.650. The third kappa shape index (κ3) is 3.74. The van der Waals surface area contributed by atoms with Crippen LogP contribution in [0.25, 0.3) is 10.9 Å². The fraction of sp³-hybridized carbons (Fsp3) is 0.267. The molecule has 0 radical (unpaired) electrons. The molecule has 4 N–H and O–H groups in total. The maximum absolute atomic E-state index is 12.4. The molecule has 0 aliphatic carbocycles. The number of nitrogens with one attached hydrogen (secondary N) is 2. The number of benzene rings is 1. The number of hydrogen-bond acceptors (Lipinski definition) is 5. The number of nitrogens with zero attached hydrogens (tertiary/aromatic N) is 1. The van der Waals surface area contributed by atoms with Gasteiger partial charge >= 0.3 is 17.6 Å². The van der Waals surface area contributed by atoms with Crippen LogP contribution < -0.4 is 16.6 Å². The monoisotopic (exact) mass is 349 g/mol. The number of amides is 1. The molecule has 0 bridgehead atoms. The Morgan fingerprint density at radius 3 is 2.44 bits per heavy atom. The van der Waals surface area contributed by atoms with Gasteiger partial charge in [0.2, 0.25) is 5.91 Å². The van der Waals surface area contributed by atoms with E-state index in [-0.39, 0.29) is 5.39 Å². The number of carboxylic acids is 2. The predicted molar refractivity (Wildman–Crippen MR) is 85.4 cm³/mol. The van der Waals surface area contributed by atoms with Gasteiger partial charge in [0.05, 0.1) is 17.3 Å². The highest BCUT2D eigenvalue weighted by molar-refractivity contribution is 5.88. The molecule has 0 fully saturated rings. The van der Waals surface area contributed by atoms with E-state index in [0.29, 0.717) is 10.1 Å². The molecule has 2 unspecified atom stereocenters. The Morgan fingerprint density at radius 2 is 1.84 bits per heavy atom. The Kier molecular flexibility index (Phi) is 5.01. The highest BCUT2D eigenvalue weighted by Gasteiger charge is 2.27. The molecule has 1 aromatic carbocycles. The molecule has 10 heteroatoms. The van der Waals surface area contributed by atoms with Crippen LogP contribution in [0.15, 0.2) is 33.9 Å². The maximum atomic E-state index is 12.4. The summed E-state index contributed by atoms with van der Waals surface area (Å²) in [7, 11) is 0. The molecule has 2 rings (SSSR count). The summed E-state index contributed by atoms with van der Waals surface area (Å²) in [5, 5.41) is 19.8. The van der Waals surface area contributed by atoms with Crippen molar-refractivity contribution < 1.29 is 24.6 Å². The molecule has 0 aliphatic heterocycles. The number of aromatic nitrogens is 2. The molecule has 1 heterocycles. The molecule has 1 amide bonds. The second-order valence-electron chi connectivity index (χ2n) is 5.32. The van der Waals surface area contributed by atoms with E-state index in [0.717, 1.165) is 0 Å². The molecule has 0 aliphatic rings. The van der Waals surface area contributed by atoms with E-state index in [2.05, 4.69) is 4.98 Å². The van der Waals surface area contributed by atoms with Crippen molar-refractivity contribution in [2.45, 2.75) is 25.4 Å². The van der Waals surface area contributed by atoms with Crippen molar-refractivity contribution in [3.63, 3.8) is 0 Å². The zero-order chi connectivity index (χ0) is 18.7. The van der Waals surface area contributed by atoms with Gasteiger partial charge in [-0.1, -0.05) is 12.1 Å². The van der Waals surface area contributed by atoms with Crippen LogP contribution in [0.5, 0.6) is 0 Å². The summed E-state index contributed by atoms with van der Waals surface area (Å²) in [6, 6.07) is 3.20. The summed E-state index contributed by atoms with van der Waals surface area (Å²) in [5.74, 6) is -3.92. The van der Waals surface area contributed by atoms with Crippen LogP contribution in [0, 0.1) is 0 Å². The maximum Gasteiger partial charge on any atom is 0.329 e. The number of carbonyl (C=O) groups is 3. The van der Waals surface area contributed by atoms with E-state index in [1.165, 1.54) is 19.1 Å². The number of carbonyl (C=O) groups excluding carboxylic acids is 1. The van der Waals surface area contributed by atoms with Crippen molar-refractivity contribution in [3.8, 4) is 0 Å². The van der Waals surface area contributed by atoms with Crippen LogP contribution >= 0.6 is 0 Å². The van der Waals surface area contributed by atoms with Gasteiger partial charge in [-0.05, 0) is 19.1 Å². The second kappa shape index (κ2) is 6.99. The number of para-hydroxylation sites is 1. The molecule has 25 heavy (non-hydrogen) atoms. The SMILES string of the molecule is CC(C(=O)NC(CC(=O)O)C(=O)O)n1c(=O)[nH]c2ccccc2c1=O. The predicted octanol–water partition coefficient (Wildman–Crippen LogP) is -0.705. The first-order chi connectivity index (χ1) is 11.7. The van der Waals surface area contributed by atoms with Crippen molar-refractivity contribution in [1.29, 1.82) is 0 Å². The number of H-pyrrole nitrogens is 1. The number of carboxylic acid groups (broad SMARTS) is 2. The molecular weight excluding hydrogens is 334 g/mol. The number of rotatable bonds is 6. The minimum absolute atomic E-state index is 0.182. The fourth-order valence-electron chi connectivity index (χ4n) is 2.31. The Labute approximate surface area is 139 Å². The molecule has 2 aromatic rings. The highest BCUT2D eigenvalue weighted by Crippen LogP contribution is 2.07. The number of fused-ring (bicyclic) bond motifs is 1. The van der Waals surface area contributed by atoms with Crippen molar-refractivity contribution in [2.24, 2.45) is 0 Å². The van der Waals surface area contributed by atoms with Crippen LogP contribution in [-0.4, -0.2) is 43.7 Å². The quantitative estimate of drug-likeness (QED) is 0.536. The number of aromatic amines is 1. The van der Waals surface area contributed by atoms with Gasteiger partial charge < -0.3 is 20.5 Å². The molecule has 132 valence electrons. The van der Waals surface area contributed by atoms with Crippen molar-refractivity contribution in [3.05, 3.63) is 45.1 Å². The minimum Gasteiger partial charge on any atom is -0.481 e. The van der Waals surface area contributed by atoms with Crippen LogP contribution in [0.3, 0.4) is 0 Å². The highest BCUT2D eigenvalue weighted by atomic mass is 16.4. The zero-order valence-electron chi connectivity index (χ0n) is 13.1. The average molecular weight is 349 g/mol. The normalized spacial score (nSPS) is 13.2. The number of aliphatic carboxylic acids is 2. The molecule has 0 saturated heterocycles. The number of hydrogen-bond donors (Lipinski definition) is 4. The summed E-state index contributed by atoms with van der Waals surface area (Å²) >= 11 is 0. The van der Waals surface area contributed by atoms with E-state index in [1.54, 1.807) is 12.1 Å². The van der Waals surface area contributed by atoms with Gasteiger partial charge in [-0.15, -0.1) is 0 Å². The summed E-state index contributed by atoms with van der Waals surface area (Å²) in [4.78, 5) is 60.9. The Hall–Kier alpha value is -3.43. The third-order valence-electron chi connectivity index (χ3n) is 3.60. The van der Waals surface area contributed by atoms with E-state index in [9.17, 15) is 24.0 Å². The average Bonchev–Trinajstić information content (AvgIpc) is 2.53. The van der Waals surface area contributed by atoms with Crippen molar-refractivity contribution in [2.75, 3.05) is 0 Å². The Morgan fingerprint density at radius 1 is 1.20 bits per heavy atom.